The molecule has 1 rings (SSSR count). The van der Waals surface area contributed by atoms with Gasteiger partial charge < -0.3 is 0 Å². The summed E-state index contributed by atoms with van der Waals surface area (Å²) in [5.74, 6) is 0. The van der Waals surface area contributed by atoms with E-state index in [0.29, 0.717) is 6.04 Å². The first-order valence-electron chi connectivity index (χ1n) is 3.03. The van der Waals surface area contributed by atoms with Crippen molar-refractivity contribution < 1.29 is 50.5 Å². The van der Waals surface area contributed by atoms with Crippen LogP contribution in [0.1, 0.15) is 26.2 Å². The van der Waals surface area contributed by atoms with Crippen molar-refractivity contribution in [2.75, 3.05) is 0 Å². The Bertz CT molecular complexity index is 105. The molecule has 9 heavy (non-hydrogen) atoms. The minimum atomic E-state index is 0. The van der Waals surface area contributed by atoms with Crippen LogP contribution in [0.25, 0.3) is 5.32 Å². The molecule has 0 radical (unpaired) electrons. The second kappa shape index (κ2) is 5.25. The number of nitrogens with zero attached hydrogens (tertiary/aromatic N) is 1. The molecule has 0 aromatic rings. The maximum absolute atomic E-state index is 4.44. The maximum Gasteiger partial charge on any atom is 0 e. The molecule has 0 N–H and O–H groups in total. The van der Waals surface area contributed by atoms with Gasteiger partial charge in [-0.3, -0.25) is 0 Å². The third-order valence-corrected chi connectivity index (χ3v) is 2.49. The third kappa shape index (κ3) is 4.10. The van der Waals surface area contributed by atoms with Crippen molar-refractivity contribution in [3.05, 3.63) is 5.32 Å². The van der Waals surface area contributed by atoms with Gasteiger partial charge in [-0.05, 0) is 0 Å². The maximum atomic E-state index is 4.44. The Morgan fingerprint density at radius 2 is 2.33 bits per heavy atom. The van der Waals surface area contributed by atoms with E-state index < -0.39 is 0 Å². The van der Waals surface area contributed by atoms with E-state index in [1.807, 2.05) is 0 Å². The molecule has 0 aromatic carbocycles. The van der Waals surface area contributed by atoms with E-state index >= 15 is 0 Å². The summed E-state index contributed by atoms with van der Waals surface area (Å²) >= 11 is 1.56. The van der Waals surface area contributed by atoms with Gasteiger partial charge in [0.1, 0.15) is 0 Å². The summed E-state index contributed by atoms with van der Waals surface area (Å²) in [6, 6.07) is 0.622. The van der Waals surface area contributed by atoms with Crippen LogP contribution >= 0.6 is 0 Å². The Hall–Kier alpha value is 1.57. The summed E-state index contributed by atoms with van der Waals surface area (Å²) in [4.78, 5) is 0. The Kier molecular flexibility index (Phi) is 6.17. The van der Waals surface area contributed by atoms with Gasteiger partial charge >= 0.3 is 60.9 Å². The Labute approximate surface area is 91.1 Å². The number of piperidine rings is 1. The van der Waals surface area contributed by atoms with Gasteiger partial charge in [-0.1, -0.05) is 0 Å². The molecule has 0 amide bonds. The minimum Gasteiger partial charge on any atom is 0 e. The largest absolute Gasteiger partial charge is 0 e. The SMILES string of the molecule is CC1CCC[C](=[W])[N-]1.[U]. The van der Waals surface area contributed by atoms with Gasteiger partial charge in [-0.25, -0.2) is 0 Å². The number of hydrogen-bond acceptors (Lipinski definition) is 0. The monoisotopic (exact) mass is 518 g/mol. The first-order chi connectivity index (χ1) is 3.79. The topological polar surface area (TPSA) is 14.1 Å². The van der Waals surface area contributed by atoms with E-state index in [-0.39, 0.29) is 31.1 Å². The molecule has 0 aliphatic carbocycles. The van der Waals surface area contributed by atoms with Gasteiger partial charge in [0.25, 0.3) is 0 Å². The second-order valence-electron chi connectivity index (χ2n) is 2.26. The molecule has 1 heterocycles. The number of rotatable bonds is 0. The van der Waals surface area contributed by atoms with Crippen LogP contribution in [0.5, 0.6) is 0 Å². The standard InChI is InChI=1S/C6H10N.U.W/c1-6-4-2-3-5-7-6;;/h6H,2-4H2,1H3;;/q-1;;. The molecule has 0 spiro atoms. The van der Waals surface area contributed by atoms with Crippen LogP contribution in [0, 0.1) is 31.1 Å². The van der Waals surface area contributed by atoms with E-state index in [1.54, 1.807) is 19.4 Å². The predicted molar refractivity (Wildman–Crippen MR) is 31.7 cm³/mol. The first-order valence-corrected chi connectivity index (χ1v) is 4.49. The van der Waals surface area contributed by atoms with Crippen LogP contribution in [0.4, 0.5) is 0 Å². The Balaban J connectivity index is 0.000000640. The van der Waals surface area contributed by atoms with Crippen molar-refractivity contribution in [1.29, 1.82) is 0 Å². The summed E-state index contributed by atoms with van der Waals surface area (Å²) in [6.07, 6.45) is 3.93. The van der Waals surface area contributed by atoms with Crippen LogP contribution in [0.2, 0.25) is 0 Å². The van der Waals surface area contributed by atoms with Gasteiger partial charge in [0.2, 0.25) is 0 Å². The smallest absolute Gasteiger partial charge is 0 e. The fourth-order valence-corrected chi connectivity index (χ4v) is 2.09. The van der Waals surface area contributed by atoms with Gasteiger partial charge in [0.15, 0.2) is 0 Å². The minimum absolute atomic E-state index is 0. The number of hydrogen-bond donors (Lipinski definition) is 0. The zero-order valence-electron chi connectivity index (χ0n) is 5.55. The average Bonchev–Trinajstić information content (AvgIpc) is 1.64. The molecular weight excluding hydrogens is 508 g/mol. The van der Waals surface area contributed by atoms with E-state index in [9.17, 15) is 0 Å². The van der Waals surface area contributed by atoms with Crippen LogP contribution in [0.15, 0.2) is 0 Å². The van der Waals surface area contributed by atoms with Gasteiger partial charge in [-0.15, -0.1) is 0 Å². The molecule has 1 nitrogen and oxygen atoms in total. The van der Waals surface area contributed by atoms with Crippen molar-refractivity contribution in [1.82, 2.24) is 0 Å². The molecule has 1 atom stereocenters. The molecular formula is C6H10NUW-. The van der Waals surface area contributed by atoms with Crippen molar-refractivity contribution in [3.8, 4) is 0 Å². The quantitative estimate of drug-likeness (QED) is 0.464. The van der Waals surface area contributed by atoms with Crippen LogP contribution < -0.4 is 0 Å². The van der Waals surface area contributed by atoms with Crippen LogP contribution in [0.3, 0.4) is 0 Å². The van der Waals surface area contributed by atoms with E-state index in [0.717, 1.165) is 0 Å². The molecule has 0 saturated carbocycles. The van der Waals surface area contributed by atoms with Crippen LogP contribution in [-0.2, 0) is 19.4 Å². The van der Waals surface area contributed by atoms with Gasteiger partial charge in [0, 0.05) is 31.1 Å². The summed E-state index contributed by atoms with van der Waals surface area (Å²) in [5.41, 5.74) is 0. The molecule has 1 aliphatic heterocycles. The van der Waals surface area contributed by atoms with E-state index in [2.05, 4.69) is 12.2 Å². The van der Waals surface area contributed by atoms with Crippen LogP contribution in [-0.4, -0.2) is 10.1 Å². The van der Waals surface area contributed by atoms with E-state index in [4.69, 9.17) is 0 Å². The fraction of sp³-hybridized carbons (Fsp3) is 0.833. The van der Waals surface area contributed by atoms with Crippen molar-refractivity contribution >= 4 is 4.02 Å². The summed E-state index contributed by atoms with van der Waals surface area (Å²) in [7, 11) is 0. The summed E-state index contributed by atoms with van der Waals surface area (Å²) < 4.78 is 1.42. The molecule has 0 bridgehead atoms. The van der Waals surface area contributed by atoms with Crippen molar-refractivity contribution in [3.63, 3.8) is 0 Å². The second-order valence-corrected chi connectivity index (χ2v) is 3.96. The zero-order chi connectivity index (χ0) is 5.98. The molecule has 1 saturated heterocycles. The Morgan fingerprint density at radius 1 is 1.67 bits per heavy atom. The van der Waals surface area contributed by atoms with Crippen molar-refractivity contribution in [2.24, 2.45) is 0 Å². The molecule has 1 fully saturated rings. The van der Waals surface area contributed by atoms with Gasteiger partial charge in [0.05, 0.1) is 0 Å². The van der Waals surface area contributed by atoms with Crippen molar-refractivity contribution in [2.45, 2.75) is 32.2 Å². The predicted octanol–water partition coefficient (Wildman–Crippen LogP) is 1.61. The van der Waals surface area contributed by atoms with Gasteiger partial charge in [-0.2, -0.15) is 0 Å². The third-order valence-electron chi connectivity index (χ3n) is 1.38. The summed E-state index contributed by atoms with van der Waals surface area (Å²) in [5, 5.41) is 4.44. The molecule has 1 unspecified atom stereocenters. The average molecular weight is 518 g/mol. The fourth-order valence-electron chi connectivity index (χ4n) is 0.924. The first kappa shape index (κ1) is 10.6. The Morgan fingerprint density at radius 3 is 2.67 bits per heavy atom. The molecule has 0 aromatic heterocycles. The summed E-state index contributed by atoms with van der Waals surface area (Å²) in [6.45, 7) is 2.20. The molecule has 50 valence electrons. The molecule has 1 aliphatic rings. The molecule has 3 heteroatoms. The van der Waals surface area contributed by atoms with E-state index in [1.165, 1.54) is 23.3 Å². The normalized spacial score (nSPS) is 27.2. The zero-order valence-corrected chi connectivity index (χ0v) is 12.7.